The van der Waals surface area contributed by atoms with Crippen molar-refractivity contribution in [2.45, 2.75) is 45.7 Å². The van der Waals surface area contributed by atoms with Gasteiger partial charge in [-0.15, -0.1) is 0 Å². The summed E-state index contributed by atoms with van der Waals surface area (Å²) in [5.41, 5.74) is 0.144. The summed E-state index contributed by atoms with van der Waals surface area (Å²) in [6, 6.07) is 15.1. The number of piperidine rings is 1. The smallest absolute Gasteiger partial charge is 0.410 e. The van der Waals surface area contributed by atoms with Crippen molar-refractivity contribution in [3.63, 3.8) is 0 Å². The third kappa shape index (κ3) is 6.63. The predicted molar refractivity (Wildman–Crippen MR) is 158 cm³/mol. The first-order valence-corrected chi connectivity index (χ1v) is 14.2. The van der Waals surface area contributed by atoms with E-state index in [1.54, 1.807) is 45.0 Å². The van der Waals surface area contributed by atoms with Crippen molar-refractivity contribution in [1.82, 2.24) is 9.88 Å². The predicted octanol–water partition coefficient (Wildman–Crippen LogP) is 3.61. The Morgan fingerprint density at radius 3 is 2.40 bits per heavy atom. The summed E-state index contributed by atoms with van der Waals surface area (Å²) < 4.78 is 27.5. The van der Waals surface area contributed by atoms with Gasteiger partial charge in [0.25, 0.3) is 0 Å². The van der Waals surface area contributed by atoms with E-state index in [0.29, 0.717) is 0 Å². The molecule has 0 bridgehead atoms. The number of hydrogen-bond donors (Lipinski definition) is 3. The summed E-state index contributed by atoms with van der Waals surface area (Å²) in [6.07, 6.45) is -4.42. The van der Waals surface area contributed by atoms with E-state index >= 15 is 0 Å². The maximum Gasteiger partial charge on any atom is 0.410 e. The fraction of sp³-hybridized carbons (Fsp3) is 0.312. The first kappa shape index (κ1) is 31.1. The number of esters is 2. The number of aromatic nitrogens is 1. The molecule has 0 spiro atoms. The highest BCUT2D eigenvalue weighted by atomic mass is 16.6. The number of benzene rings is 2. The lowest BCUT2D eigenvalue weighted by molar-refractivity contribution is -0.103. The Hall–Kier alpha value is -5.30. The summed E-state index contributed by atoms with van der Waals surface area (Å²) in [5.74, 6) is -2.22. The van der Waals surface area contributed by atoms with Gasteiger partial charge in [0.05, 0.1) is 25.1 Å². The number of ether oxygens (including phenoxy) is 4. The molecule has 13 heteroatoms. The van der Waals surface area contributed by atoms with Crippen molar-refractivity contribution in [2.24, 2.45) is 0 Å². The van der Waals surface area contributed by atoms with Crippen LogP contribution in [-0.4, -0.2) is 76.1 Å². The standard InChI is InChI=1S/C32H32N2O11/c1-4-41-30(38)25-26(35)20-11-13-22(18(3)28(20)45-31(25)39)43-23-14-34(32(40)42-16-19-8-6-5-7-9-19)15-24(27(23)36)44-29(37)21-12-10-17(2)33-21/h5-13,23-24,27,33,35-36H,4,14-16H2,1-3H3/t23-,24-,27+/m0/s1. The lowest BCUT2D eigenvalue weighted by Gasteiger charge is -2.40. The van der Waals surface area contributed by atoms with Crippen LogP contribution >= 0.6 is 0 Å². The number of hydrogen-bond acceptors (Lipinski definition) is 11. The monoisotopic (exact) mass is 620 g/mol. The Morgan fingerprint density at radius 2 is 1.71 bits per heavy atom. The highest BCUT2D eigenvalue weighted by Gasteiger charge is 2.42. The highest BCUT2D eigenvalue weighted by Crippen LogP contribution is 2.34. The van der Waals surface area contributed by atoms with Gasteiger partial charge in [-0.3, -0.25) is 0 Å². The van der Waals surface area contributed by atoms with Crippen LogP contribution < -0.4 is 10.4 Å². The van der Waals surface area contributed by atoms with Gasteiger partial charge in [-0.1, -0.05) is 30.3 Å². The van der Waals surface area contributed by atoms with Crippen LogP contribution in [0.25, 0.3) is 11.0 Å². The molecular weight excluding hydrogens is 588 g/mol. The molecule has 1 fully saturated rings. The van der Waals surface area contributed by atoms with Crippen molar-refractivity contribution in [1.29, 1.82) is 0 Å². The SMILES string of the molecule is CCOC(=O)c1c(O)c2ccc(O[C@H]3CN(C(=O)OCc4ccccc4)C[C@H](OC(=O)c4ccc(C)[nH]4)[C@@H]3O)c(C)c2oc1=O. The van der Waals surface area contributed by atoms with E-state index < -0.39 is 53.3 Å². The second-order valence-electron chi connectivity index (χ2n) is 10.5. The molecule has 3 atom stereocenters. The van der Waals surface area contributed by atoms with Crippen LogP contribution in [0.4, 0.5) is 4.79 Å². The molecule has 1 saturated heterocycles. The van der Waals surface area contributed by atoms with Crippen molar-refractivity contribution in [2.75, 3.05) is 19.7 Å². The maximum atomic E-state index is 13.1. The zero-order valence-electron chi connectivity index (χ0n) is 24.8. The van der Waals surface area contributed by atoms with E-state index in [0.717, 1.165) is 11.3 Å². The minimum Gasteiger partial charge on any atom is -0.506 e. The molecule has 13 nitrogen and oxygen atoms in total. The largest absolute Gasteiger partial charge is 0.506 e. The number of rotatable bonds is 8. The van der Waals surface area contributed by atoms with Gasteiger partial charge >= 0.3 is 23.7 Å². The van der Waals surface area contributed by atoms with Crippen LogP contribution in [0.3, 0.4) is 0 Å². The number of aliphatic hydroxyl groups excluding tert-OH is 1. The fourth-order valence-electron chi connectivity index (χ4n) is 5.00. The zero-order chi connectivity index (χ0) is 32.2. The topological polar surface area (TPSA) is 178 Å². The van der Waals surface area contributed by atoms with E-state index in [2.05, 4.69) is 4.98 Å². The van der Waals surface area contributed by atoms with Gasteiger partial charge in [-0.25, -0.2) is 19.2 Å². The molecular formula is C32H32N2O11. The summed E-state index contributed by atoms with van der Waals surface area (Å²) in [5, 5.41) is 22.0. The van der Waals surface area contributed by atoms with Crippen LogP contribution in [-0.2, 0) is 20.8 Å². The second kappa shape index (κ2) is 13.1. The average molecular weight is 621 g/mol. The van der Waals surface area contributed by atoms with Gasteiger partial charge in [0.1, 0.15) is 47.7 Å². The molecule has 5 rings (SSSR count). The van der Waals surface area contributed by atoms with E-state index in [1.165, 1.54) is 17.0 Å². The van der Waals surface area contributed by atoms with Crippen LogP contribution in [0.1, 0.15) is 44.6 Å². The summed E-state index contributed by atoms with van der Waals surface area (Å²) in [4.78, 5) is 55.0. The van der Waals surface area contributed by atoms with Crippen molar-refractivity contribution in [3.05, 3.63) is 93.1 Å². The Morgan fingerprint density at radius 1 is 0.978 bits per heavy atom. The van der Waals surface area contributed by atoms with Gasteiger partial charge in [0, 0.05) is 11.3 Å². The van der Waals surface area contributed by atoms with Crippen LogP contribution in [0.15, 0.2) is 63.8 Å². The number of aromatic amines is 1. The number of nitrogens with zero attached hydrogens (tertiary/aromatic N) is 1. The van der Waals surface area contributed by atoms with Gasteiger partial charge in [-0.2, -0.15) is 0 Å². The fourth-order valence-corrected chi connectivity index (χ4v) is 5.00. The molecule has 2 aromatic heterocycles. The summed E-state index contributed by atoms with van der Waals surface area (Å²) >= 11 is 0. The Bertz CT molecular complexity index is 1780. The minimum atomic E-state index is -1.38. The van der Waals surface area contributed by atoms with E-state index in [1.807, 2.05) is 18.2 Å². The molecule has 4 aromatic rings. The van der Waals surface area contributed by atoms with E-state index in [-0.39, 0.29) is 54.3 Å². The van der Waals surface area contributed by atoms with Gasteiger partial charge in [0.15, 0.2) is 5.56 Å². The van der Waals surface area contributed by atoms with Crippen molar-refractivity contribution in [3.8, 4) is 11.5 Å². The van der Waals surface area contributed by atoms with Gasteiger partial charge < -0.3 is 43.5 Å². The molecule has 3 N–H and O–H groups in total. The number of amides is 1. The Balaban J connectivity index is 1.42. The number of nitrogens with one attached hydrogen (secondary N) is 1. The molecule has 1 amide bonds. The number of carbonyl (C=O) groups excluding carboxylic acids is 3. The molecule has 2 aromatic carbocycles. The second-order valence-corrected chi connectivity index (χ2v) is 10.5. The van der Waals surface area contributed by atoms with E-state index in [4.69, 9.17) is 23.4 Å². The molecule has 3 heterocycles. The molecule has 0 radical (unpaired) electrons. The van der Waals surface area contributed by atoms with Crippen molar-refractivity contribution >= 4 is 29.0 Å². The lowest BCUT2D eigenvalue weighted by atomic mass is 10.0. The van der Waals surface area contributed by atoms with Crippen LogP contribution in [0.5, 0.6) is 11.5 Å². The minimum absolute atomic E-state index is 0.00342. The molecule has 0 saturated carbocycles. The molecule has 1 aliphatic heterocycles. The quantitative estimate of drug-likeness (QED) is 0.149. The first-order valence-electron chi connectivity index (χ1n) is 14.2. The molecule has 236 valence electrons. The third-order valence-corrected chi connectivity index (χ3v) is 7.34. The number of aliphatic hydroxyl groups is 1. The van der Waals surface area contributed by atoms with Crippen LogP contribution in [0.2, 0.25) is 0 Å². The number of fused-ring (bicyclic) bond motifs is 1. The normalized spacial score (nSPS) is 18.0. The number of aryl methyl sites for hydroxylation is 2. The third-order valence-electron chi connectivity index (χ3n) is 7.34. The number of aromatic hydroxyl groups is 1. The zero-order valence-corrected chi connectivity index (χ0v) is 24.8. The summed E-state index contributed by atoms with van der Waals surface area (Å²) in [7, 11) is 0. The lowest BCUT2D eigenvalue weighted by Crippen LogP contribution is -2.60. The number of H-pyrrole nitrogens is 1. The highest BCUT2D eigenvalue weighted by molar-refractivity contribution is 5.99. The molecule has 0 unspecified atom stereocenters. The number of carbonyl (C=O) groups is 3. The van der Waals surface area contributed by atoms with Gasteiger partial charge in [-0.05, 0) is 50.6 Å². The molecule has 0 aliphatic carbocycles. The molecule has 1 aliphatic rings. The Labute approximate surface area is 256 Å². The van der Waals surface area contributed by atoms with E-state index in [9.17, 15) is 29.4 Å². The maximum absolute atomic E-state index is 13.1. The van der Waals surface area contributed by atoms with Crippen LogP contribution in [0, 0.1) is 13.8 Å². The first-order chi connectivity index (χ1) is 21.6. The Kier molecular flexibility index (Phi) is 9.09. The van der Waals surface area contributed by atoms with Gasteiger partial charge in [0.2, 0.25) is 0 Å². The number of likely N-dealkylation sites (tertiary alicyclic amines) is 1. The summed E-state index contributed by atoms with van der Waals surface area (Å²) in [6.45, 7) is 4.55. The molecule has 45 heavy (non-hydrogen) atoms. The van der Waals surface area contributed by atoms with Crippen molar-refractivity contribution < 1.29 is 48.0 Å². The average Bonchev–Trinajstić information content (AvgIpc) is 3.46.